The van der Waals surface area contributed by atoms with Crippen LogP contribution in [0.1, 0.15) is 72.3 Å². The molecule has 0 spiro atoms. The van der Waals surface area contributed by atoms with Crippen molar-refractivity contribution in [3.05, 3.63) is 29.8 Å². The van der Waals surface area contributed by atoms with Gasteiger partial charge in [0.05, 0.1) is 0 Å². The maximum absolute atomic E-state index is 13.2. The lowest BCUT2D eigenvalue weighted by Crippen LogP contribution is -2.47. The lowest BCUT2D eigenvalue weighted by atomic mass is 9.73. The number of aliphatic hydroxyl groups is 1. The Morgan fingerprint density at radius 1 is 1.14 bits per heavy atom. The van der Waals surface area contributed by atoms with Crippen LogP contribution < -0.4 is 4.90 Å². The number of carbonyl (C=O) groups is 1. The molecule has 1 aromatic rings. The van der Waals surface area contributed by atoms with E-state index in [0.717, 1.165) is 50.9 Å². The number of hydrogen-bond donors (Lipinski definition) is 1. The van der Waals surface area contributed by atoms with Gasteiger partial charge in [0.15, 0.2) is 11.2 Å². The van der Waals surface area contributed by atoms with E-state index >= 15 is 0 Å². The Morgan fingerprint density at radius 3 is 2.17 bits per heavy atom. The van der Waals surface area contributed by atoms with E-state index in [0.29, 0.717) is 5.56 Å². The van der Waals surface area contributed by atoms with Crippen LogP contribution in [-0.4, -0.2) is 29.8 Å². The Kier molecular flexibility index (Phi) is 9.52. The smallest absolute Gasteiger partial charge is 0.344 e. The van der Waals surface area contributed by atoms with E-state index in [1.165, 1.54) is 0 Å². The molecule has 1 saturated carbocycles. The number of nitrogens with zero attached hydrogens (tertiary/aromatic N) is 1. The zero-order valence-corrected chi connectivity index (χ0v) is 19.3. The summed E-state index contributed by atoms with van der Waals surface area (Å²) in [5, 5.41) is 11.7. The highest BCUT2D eigenvalue weighted by Crippen LogP contribution is 2.41. The first-order valence-electron chi connectivity index (χ1n) is 10.5. The van der Waals surface area contributed by atoms with Gasteiger partial charge in [0, 0.05) is 24.7 Å². The molecule has 0 bridgehead atoms. The Labute approximate surface area is 182 Å². The fourth-order valence-electron chi connectivity index (χ4n) is 4.19. The van der Waals surface area contributed by atoms with Crippen molar-refractivity contribution in [3.8, 4) is 11.8 Å². The fraction of sp³-hybridized carbons (Fsp3) is 0.625. The van der Waals surface area contributed by atoms with Gasteiger partial charge in [-0.15, -0.1) is 18.3 Å². The van der Waals surface area contributed by atoms with Crippen LogP contribution >= 0.6 is 12.4 Å². The summed E-state index contributed by atoms with van der Waals surface area (Å²) in [6.07, 6.45) is 4.84. The lowest BCUT2D eigenvalue weighted by Gasteiger charge is -2.38. The Balaban J connectivity index is 0.00000420. The fourth-order valence-corrected chi connectivity index (χ4v) is 4.19. The number of ether oxygens (including phenoxy) is 1. The van der Waals surface area contributed by atoms with E-state index in [1.807, 2.05) is 24.3 Å². The van der Waals surface area contributed by atoms with Crippen molar-refractivity contribution in [1.29, 1.82) is 0 Å². The van der Waals surface area contributed by atoms with Crippen LogP contribution in [0.2, 0.25) is 0 Å². The third kappa shape index (κ3) is 5.90. The molecule has 0 radical (unpaired) electrons. The van der Waals surface area contributed by atoms with Crippen molar-refractivity contribution >= 4 is 24.1 Å². The Morgan fingerprint density at radius 2 is 1.69 bits per heavy atom. The second-order valence-corrected chi connectivity index (χ2v) is 8.10. The van der Waals surface area contributed by atoms with E-state index < -0.39 is 17.2 Å². The summed E-state index contributed by atoms with van der Waals surface area (Å²) < 4.78 is 5.70. The first kappa shape index (κ1) is 25.3. The number of halogens is 1. The van der Waals surface area contributed by atoms with Crippen molar-refractivity contribution in [2.24, 2.45) is 5.92 Å². The molecule has 4 nitrogen and oxygen atoms in total. The van der Waals surface area contributed by atoms with Gasteiger partial charge >= 0.3 is 5.97 Å². The molecule has 29 heavy (non-hydrogen) atoms. The predicted octanol–water partition coefficient (Wildman–Crippen LogP) is 5.07. The molecule has 1 aliphatic rings. The number of benzene rings is 1. The largest absolute Gasteiger partial charge is 0.444 e. The SMILES string of the molecule is CC#CC(C)(C)OC(=O)C(O)(c1ccc(N(CC)CC)cc1)C1CCCCC1.Cl. The first-order chi connectivity index (χ1) is 13.3. The summed E-state index contributed by atoms with van der Waals surface area (Å²) in [5.74, 6) is 4.98. The summed E-state index contributed by atoms with van der Waals surface area (Å²) in [4.78, 5) is 15.5. The van der Waals surface area contributed by atoms with Crippen molar-refractivity contribution in [1.82, 2.24) is 0 Å². The van der Waals surface area contributed by atoms with Gasteiger partial charge in [-0.1, -0.05) is 37.3 Å². The monoisotopic (exact) mass is 421 g/mol. The summed E-state index contributed by atoms with van der Waals surface area (Å²) in [5.41, 5.74) is -0.879. The molecule has 1 fully saturated rings. The zero-order valence-electron chi connectivity index (χ0n) is 18.5. The molecule has 1 aromatic carbocycles. The van der Waals surface area contributed by atoms with Crippen LogP contribution in [0.4, 0.5) is 5.69 Å². The van der Waals surface area contributed by atoms with Gasteiger partial charge in [0.2, 0.25) is 0 Å². The first-order valence-corrected chi connectivity index (χ1v) is 10.5. The topological polar surface area (TPSA) is 49.8 Å². The maximum Gasteiger partial charge on any atom is 0.344 e. The van der Waals surface area contributed by atoms with Crippen LogP contribution in [0.25, 0.3) is 0 Å². The van der Waals surface area contributed by atoms with Gasteiger partial charge in [-0.3, -0.25) is 0 Å². The van der Waals surface area contributed by atoms with Gasteiger partial charge in [-0.05, 0) is 65.2 Å². The molecule has 0 amide bonds. The van der Waals surface area contributed by atoms with Gasteiger partial charge < -0.3 is 14.7 Å². The average Bonchev–Trinajstić information content (AvgIpc) is 2.69. The quantitative estimate of drug-likeness (QED) is 0.493. The number of esters is 1. The van der Waals surface area contributed by atoms with Crippen molar-refractivity contribution in [2.75, 3.05) is 18.0 Å². The van der Waals surface area contributed by atoms with Crippen LogP contribution in [0.15, 0.2) is 24.3 Å². The van der Waals surface area contributed by atoms with Crippen LogP contribution in [0.3, 0.4) is 0 Å². The van der Waals surface area contributed by atoms with Gasteiger partial charge in [-0.25, -0.2) is 4.79 Å². The van der Waals surface area contributed by atoms with Crippen molar-refractivity contribution in [3.63, 3.8) is 0 Å². The van der Waals surface area contributed by atoms with E-state index in [-0.39, 0.29) is 18.3 Å². The van der Waals surface area contributed by atoms with Crippen molar-refractivity contribution in [2.45, 2.75) is 77.9 Å². The summed E-state index contributed by atoms with van der Waals surface area (Å²) >= 11 is 0. The molecule has 5 heteroatoms. The highest BCUT2D eigenvalue weighted by atomic mass is 35.5. The zero-order chi connectivity index (χ0) is 20.8. The summed E-state index contributed by atoms with van der Waals surface area (Å²) in [6, 6.07) is 7.73. The molecule has 1 aliphatic carbocycles. The minimum absolute atomic E-state index is 0. The molecule has 0 saturated heterocycles. The summed E-state index contributed by atoms with van der Waals surface area (Å²) in [6.45, 7) is 11.3. The average molecular weight is 422 g/mol. The highest BCUT2D eigenvalue weighted by Gasteiger charge is 2.48. The lowest BCUT2D eigenvalue weighted by molar-refractivity contribution is -0.184. The van der Waals surface area contributed by atoms with E-state index in [2.05, 4.69) is 30.6 Å². The number of anilines is 1. The molecule has 1 unspecified atom stereocenters. The number of hydrogen-bond acceptors (Lipinski definition) is 4. The molecule has 0 aromatic heterocycles. The van der Waals surface area contributed by atoms with E-state index in [4.69, 9.17) is 4.74 Å². The molecule has 2 rings (SSSR count). The molecule has 1 atom stereocenters. The van der Waals surface area contributed by atoms with E-state index in [1.54, 1.807) is 20.8 Å². The molecular weight excluding hydrogens is 386 g/mol. The van der Waals surface area contributed by atoms with Crippen LogP contribution in [0.5, 0.6) is 0 Å². The van der Waals surface area contributed by atoms with Gasteiger partial charge in [0.1, 0.15) is 0 Å². The molecule has 0 heterocycles. The Hall–Kier alpha value is -1.70. The highest BCUT2D eigenvalue weighted by molar-refractivity contribution is 5.85. The molecular formula is C24H36ClNO3. The molecule has 0 aliphatic heterocycles. The number of rotatable bonds is 7. The van der Waals surface area contributed by atoms with Crippen LogP contribution in [-0.2, 0) is 15.1 Å². The second kappa shape index (κ2) is 10.9. The predicted molar refractivity (Wildman–Crippen MR) is 121 cm³/mol. The van der Waals surface area contributed by atoms with Crippen LogP contribution in [0, 0.1) is 17.8 Å². The van der Waals surface area contributed by atoms with Gasteiger partial charge in [-0.2, -0.15) is 0 Å². The normalized spacial score (nSPS) is 16.6. The summed E-state index contributed by atoms with van der Waals surface area (Å²) in [7, 11) is 0. The Bertz CT molecular complexity index is 710. The third-order valence-corrected chi connectivity index (χ3v) is 5.72. The molecule has 1 N–H and O–H groups in total. The number of carbonyl (C=O) groups excluding carboxylic acids is 1. The maximum atomic E-state index is 13.2. The minimum atomic E-state index is -1.64. The van der Waals surface area contributed by atoms with Gasteiger partial charge in [0.25, 0.3) is 0 Å². The molecule has 162 valence electrons. The third-order valence-electron chi connectivity index (χ3n) is 5.72. The standard InChI is InChI=1S/C24H35NO3.ClH/c1-6-18-23(4,5)28-22(26)24(27,19-12-10-9-11-13-19)20-14-16-21(17-15-20)25(7-2)8-3;/h14-17,19,27H,7-13H2,1-5H3;1H. The van der Waals surface area contributed by atoms with E-state index in [9.17, 15) is 9.90 Å². The second-order valence-electron chi connectivity index (χ2n) is 8.10. The minimum Gasteiger partial charge on any atom is -0.444 e. The van der Waals surface area contributed by atoms with Crippen molar-refractivity contribution < 1.29 is 14.6 Å².